The lowest BCUT2D eigenvalue weighted by Crippen LogP contribution is -2.57. The number of carbonyl (C=O) groups excluding carboxylic acids is 1. The number of amides is 1. The molecule has 1 aromatic rings. The molecule has 5 nitrogen and oxygen atoms in total. The molecule has 4 rings (SSSR count). The van der Waals surface area contributed by atoms with Gasteiger partial charge in [-0.1, -0.05) is 6.92 Å². The summed E-state index contributed by atoms with van der Waals surface area (Å²) in [6.45, 7) is 5.35. The molecule has 0 aromatic carbocycles. The van der Waals surface area contributed by atoms with Crippen molar-refractivity contribution in [2.75, 3.05) is 25.4 Å². The highest BCUT2D eigenvalue weighted by atomic mass is 16.1. The second-order valence-corrected chi connectivity index (χ2v) is 5.84. The van der Waals surface area contributed by atoms with Crippen molar-refractivity contribution in [2.24, 2.45) is 5.92 Å². The van der Waals surface area contributed by atoms with Crippen LogP contribution in [-0.4, -0.2) is 41.5 Å². The van der Waals surface area contributed by atoms with Crippen LogP contribution in [0, 0.1) is 5.92 Å². The molecule has 3 saturated heterocycles. The molecule has 108 valence electrons. The Morgan fingerprint density at radius 2 is 2.20 bits per heavy atom. The first-order valence-corrected chi connectivity index (χ1v) is 7.45. The first kappa shape index (κ1) is 13.4. The van der Waals surface area contributed by atoms with Gasteiger partial charge >= 0.3 is 0 Å². The number of anilines is 1. The number of aryl methyl sites for hydroxylation is 1. The molecular formula is C15H22N4O. The van der Waals surface area contributed by atoms with Gasteiger partial charge in [0.15, 0.2) is 0 Å². The molecule has 4 heterocycles. The third-order valence-corrected chi connectivity index (χ3v) is 4.50. The van der Waals surface area contributed by atoms with Gasteiger partial charge in [-0.25, -0.2) is 4.98 Å². The van der Waals surface area contributed by atoms with Crippen molar-refractivity contribution >= 4 is 11.7 Å². The molecule has 0 saturated carbocycles. The Balaban J connectivity index is 1.71. The summed E-state index contributed by atoms with van der Waals surface area (Å²) in [4.78, 5) is 19.0. The summed E-state index contributed by atoms with van der Waals surface area (Å²) in [6, 6.07) is 3.78. The van der Waals surface area contributed by atoms with Crippen molar-refractivity contribution in [3.05, 3.63) is 23.4 Å². The number of fused-ring (bicyclic) bond motifs is 3. The van der Waals surface area contributed by atoms with Crippen molar-refractivity contribution in [3.63, 3.8) is 0 Å². The van der Waals surface area contributed by atoms with Crippen LogP contribution in [0.2, 0.25) is 0 Å². The number of pyridine rings is 1. The van der Waals surface area contributed by atoms with Gasteiger partial charge < -0.3 is 16.0 Å². The number of nitrogen functional groups attached to an aromatic ring is 1. The summed E-state index contributed by atoms with van der Waals surface area (Å²) in [5, 5.41) is 3.18. The van der Waals surface area contributed by atoms with Crippen LogP contribution in [0.25, 0.3) is 0 Å². The van der Waals surface area contributed by atoms with Gasteiger partial charge in [0.05, 0.1) is 0 Å². The smallest absolute Gasteiger partial charge is 0.251 e. The Morgan fingerprint density at radius 1 is 1.45 bits per heavy atom. The molecule has 20 heavy (non-hydrogen) atoms. The SMILES string of the molecule is CCc1cc(C(=O)NC2CN3CCC2CC3)cc(N)n1. The molecule has 1 atom stereocenters. The molecule has 0 spiro atoms. The molecule has 1 unspecified atom stereocenters. The van der Waals surface area contributed by atoms with Gasteiger partial charge in [-0.15, -0.1) is 0 Å². The van der Waals surface area contributed by atoms with Crippen LogP contribution < -0.4 is 11.1 Å². The highest BCUT2D eigenvalue weighted by Gasteiger charge is 2.34. The molecule has 3 N–H and O–H groups in total. The van der Waals surface area contributed by atoms with Crippen LogP contribution in [-0.2, 0) is 6.42 Å². The number of nitrogens with two attached hydrogens (primary N) is 1. The van der Waals surface area contributed by atoms with Gasteiger partial charge in [0.25, 0.3) is 5.91 Å². The zero-order valence-corrected chi connectivity index (χ0v) is 11.9. The maximum absolute atomic E-state index is 12.4. The number of hydrogen-bond acceptors (Lipinski definition) is 4. The van der Waals surface area contributed by atoms with Crippen LogP contribution in [0.3, 0.4) is 0 Å². The minimum atomic E-state index is -0.0208. The zero-order chi connectivity index (χ0) is 14.1. The highest BCUT2D eigenvalue weighted by Crippen LogP contribution is 2.27. The van der Waals surface area contributed by atoms with Crippen LogP contribution in [0.5, 0.6) is 0 Å². The molecule has 3 fully saturated rings. The van der Waals surface area contributed by atoms with E-state index in [-0.39, 0.29) is 11.9 Å². The summed E-state index contributed by atoms with van der Waals surface area (Å²) >= 11 is 0. The molecular weight excluding hydrogens is 252 g/mol. The molecule has 0 aliphatic carbocycles. The van der Waals surface area contributed by atoms with Crippen LogP contribution in [0.15, 0.2) is 12.1 Å². The monoisotopic (exact) mass is 274 g/mol. The summed E-state index contributed by atoms with van der Waals surface area (Å²) < 4.78 is 0. The third kappa shape index (κ3) is 2.63. The Labute approximate surface area is 119 Å². The Hall–Kier alpha value is -1.62. The molecule has 5 heteroatoms. The molecule has 1 amide bonds. The minimum absolute atomic E-state index is 0.0208. The second-order valence-electron chi connectivity index (χ2n) is 5.84. The second kappa shape index (κ2) is 5.40. The van der Waals surface area contributed by atoms with Gasteiger partial charge in [0, 0.05) is 23.8 Å². The predicted octanol–water partition coefficient (Wildman–Crippen LogP) is 1.05. The van der Waals surface area contributed by atoms with Crippen LogP contribution in [0.1, 0.15) is 35.8 Å². The van der Waals surface area contributed by atoms with Gasteiger partial charge in [0.1, 0.15) is 5.82 Å². The van der Waals surface area contributed by atoms with E-state index in [9.17, 15) is 4.79 Å². The lowest BCUT2D eigenvalue weighted by molar-refractivity contribution is 0.0620. The maximum atomic E-state index is 12.4. The average Bonchev–Trinajstić information content (AvgIpc) is 2.47. The Morgan fingerprint density at radius 3 is 2.80 bits per heavy atom. The van der Waals surface area contributed by atoms with Crippen molar-refractivity contribution in [2.45, 2.75) is 32.2 Å². The first-order chi connectivity index (χ1) is 9.65. The molecule has 2 bridgehead atoms. The predicted molar refractivity (Wildman–Crippen MR) is 78.4 cm³/mol. The lowest BCUT2D eigenvalue weighted by atomic mass is 9.84. The van der Waals surface area contributed by atoms with Gasteiger partial charge in [-0.2, -0.15) is 0 Å². The average molecular weight is 274 g/mol. The molecule has 3 aliphatic rings. The minimum Gasteiger partial charge on any atom is -0.384 e. The number of piperidine rings is 3. The largest absolute Gasteiger partial charge is 0.384 e. The lowest BCUT2D eigenvalue weighted by Gasteiger charge is -2.44. The van der Waals surface area contributed by atoms with E-state index in [0.717, 1.165) is 18.7 Å². The quantitative estimate of drug-likeness (QED) is 0.864. The van der Waals surface area contributed by atoms with E-state index in [0.29, 0.717) is 17.3 Å². The topological polar surface area (TPSA) is 71.2 Å². The van der Waals surface area contributed by atoms with Crippen molar-refractivity contribution in [3.8, 4) is 0 Å². The molecule has 0 radical (unpaired) electrons. The first-order valence-electron chi connectivity index (χ1n) is 7.45. The standard InChI is InChI=1S/C15H22N4O/c1-2-12-7-11(8-14(16)17-12)15(20)18-13-9-19-5-3-10(13)4-6-19/h7-8,10,13H,2-6,9H2,1H3,(H2,16,17)(H,18,20). The number of aromatic nitrogens is 1. The van der Waals surface area contributed by atoms with Crippen molar-refractivity contribution in [1.82, 2.24) is 15.2 Å². The zero-order valence-electron chi connectivity index (χ0n) is 11.9. The van der Waals surface area contributed by atoms with E-state index in [1.165, 1.54) is 25.9 Å². The van der Waals surface area contributed by atoms with E-state index >= 15 is 0 Å². The van der Waals surface area contributed by atoms with Gasteiger partial charge in [-0.05, 0) is 50.4 Å². The van der Waals surface area contributed by atoms with Gasteiger partial charge in [0.2, 0.25) is 0 Å². The van der Waals surface area contributed by atoms with Crippen LogP contribution in [0.4, 0.5) is 5.82 Å². The van der Waals surface area contributed by atoms with E-state index < -0.39 is 0 Å². The summed E-state index contributed by atoms with van der Waals surface area (Å²) in [5.41, 5.74) is 7.26. The van der Waals surface area contributed by atoms with E-state index in [1.54, 1.807) is 6.07 Å². The van der Waals surface area contributed by atoms with Gasteiger partial charge in [-0.3, -0.25) is 4.79 Å². The highest BCUT2D eigenvalue weighted by molar-refractivity contribution is 5.95. The van der Waals surface area contributed by atoms with Crippen LogP contribution >= 0.6 is 0 Å². The summed E-state index contributed by atoms with van der Waals surface area (Å²) in [7, 11) is 0. The fourth-order valence-electron chi connectivity index (χ4n) is 3.30. The molecule has 3 aliphatic heterocycles. The number of nitrogens with zero attached hydrogens (tertiary/aromatic N) is 2. The van der Waals surface area contributed by atoms with E-state index in [2.05, 4.69) is 15.2 Å². The summed E-state index contributed by atoms with van der Waals surface area (Å²) in [6.07, 6.45) is 3.18. The number of rotatable bonds is 3. The van der Waals surface area contributed by atoms with E-state index in [4.69, 9.17) is 5.73 Å². The Bertz CT molecular complexity index is 509. The third-order valence-electron chi connectivity index (χ3n) is 4.50. The van der Waals surface area contributed by atoms with E-state index in [1.807, 2.05) is 13.0 Å². The Kier molecular flexibility index (Phi) is 3.61. The van der Waals surface area contributed by atoms with Crippen molar-refractivity contribution in [1.29, 1.82) is 0 Å². The maximum Gasteiger partial charge on any atom is 0.251 e. The number of carbonyl (C=O) groups is 1. The molecule has 1 aromatic heterocycles. The van der Waals surface area contributed by atoms with Crippen molar-refractivity contribution < 1.29 is 4.79 Å². The number of nitrogens with one attached hydrogen (secondary N) is 1. The number of hydrogen-bond donors (Lipinski definition) is 2. The summed E-state index contributed by atoms with van der Waals surface area (Å²) in [5.74, 6) is 1.03. The fraction of sp³-hybridized carbons (Fsp3) is 0.600. The normalized spacial score (nSPS) is 28.4. The fourth-order valence-corrected chi connectivity index (χ4v) is 3.30.